The summed E-state index contributed by atoms with van der Waals surface area (Å²) in [6, 6.07) is 29.5. The molecule has 0 atom stereocenters. The normalized spacial score (nSPS) is 11.8. The number of aromatic nitrogens is 4. The van der Waals surface area contributed by atoms with E-state index in [1.165, 1.54) is 0 Å². The van der Waals surface area contributed by atoms with Gasteiger partial charge >= 0.3 is 0 Å². The number of benzene rings is 1. The lowest BCUT2D eigenvalue weighted by Crippen LogP contribution is -2.22. The van der Waals surface area contributed by atoms with Crippen LogP contribution in [0.25, 0.3) is 0 Å². The molecule has 0 saturated carbocycles. The first-order valence-corrected chi connectivity index (χ1v) is 15.3. The Balaban J connectivity index is 1.46. The van der Waals surface area contributed by atoms with Crippen molar-refractivity contribution in [1.29, 1.82) is 0 Å². The van der Waals surface area contributed by atoms with Crippen LogP contribution in [0.2, 0.25) is 0 Å². The predicted molar refractivity (Wildman–Crippen MR) is 145 cm³/mol. The van der Waals surface area contributed by atoms with E-state index in [0.717, 1.165) is 11.1 Å². The summed E-state index contributed by atoms with van der Waals surface area (Å²) in [6.07, 6.45) is 7.20. The first-order valence-electron chi connectivity index (χ1n) is 11.5. The monoisotopic (exact) mass is 510 g/mol. The molecule has 36 heavy (non-hydrogen) atoms. The fourth-order valence-electron chi connectivity index (χ4n) is 4.09. The Morgan fingerprint density at radius 2 is 0.694 bits per heavy atom. The molecule has 178 valence electrons. The minimum Gasteiger partial charge on any atom is -0.310 e. The third kappa shape index (κ3) is 4.97. The van der Waals surface area contributed by atoms with Crippen LogP contribution in [0.4, 0.5) is 0 Å². The molecule has 0 radical (unpaired) electrons. The highest BCUT2D eigenvalue weighted by molar-refractivity contribution is 7.77. The van der Waals surface area contributed by atoms with Crippen molar-refractivity contribution in [3.8, 4) is 0 Å². The molecule has 5 rings (SSSR count). The molecule has 1 aromatic carbocycles. The van der Waals surface area contributed by atoms with E-state index in [2.05, 4.69) is 19.9 Å². The van der Waals surface area contributed by atoms with Gasteiger partial charge in [-0.2, -0.15) is 0 Å². The molecule has 0 aliphatic rings. The van der Waals surface area contributed by atoms with Crippen LogP contribution in [-0.4, -0.2) is 19.9 Å². The summed E-state index contributed by atoms with van der Waals surface area (Å²) < 4.78 is 28.6. The van der Waals surface area contributed by atoms with Gasteiger partial charge in [-0.25, -0.2) is 0 Å². The molecule has 0 N–H and O–H groups in total. The van der Waals surface area contributed by atoms with Crippen LogP contribution in [0.15, 0.2) is 122 Å². The highest BCUT2D eigenvalue weighted by atomic mass is 31.2. The van der Waals surface area contributed by atoms with Gasteiger partial charge in [0.2, 0.25) is 0 Å². The molecular formula is C28H24N4O2P2. The lowest BCUT2D eigenvalue weighted by Gasteiger charge is -2.19. The van der Waals surface area contributed by atoms with Crippen molar-refractivity contribution in [2.45, 2.75) is 12.3 Å². The Morgan fingerprint density at radius 3 is 0.917 bits per heavy atom. The van der Waals surface area contributed by atoms with Gasteiger partial charge in [-0.05, 0) is 59.7 Å². The number of rotatable bonds is 8. The third-order valence-electron chi connectivity index (χ3n) is 5.91. The predicted octanol–water partition coefficient (Wildman–Crippen LogP) is 4.29. The summed E-state index contributed by atoms with van der Waals surface area (Å²) in [5.74, 6) is 0. The van der Waals surface area contributed by atoms with Crippen LogP contribution < -0.4 is 21.7 Å². The zero-order chi connectivity index (χ0) is 24.8. The summed E-state index contributed by atoms with van der Waals surface area (Å²) >= 11 is 0. The number of nitrogens with zero attached hydrogens (tertiary/aromatic N) is 4. The van der Waals surface area contributed by atoms with Gasteiger partial charge in [0.25, 0.3) is 0 Å². The molecule has 8 heteroatoms. The third-order valence-corrected chi connectivity index (χ3v) is 11.6. The van der Waals surface area contributed by atoms with Crippen LogP contribution in [0, 0.1) is 0 Å². The average molecular weight is 510 g/mol. The quantitative estimate of drug-likeness (QED) is 0.290. The van der Waals surface area contributed by atoms with E-state index < -0.39 is 14.3 Å². The summed E-state index contributed by atoms with van der Waals surface area (Å²) in [5, 5.41) is 0. The molecule has 4 heterocycles. The van der Waals surface area contributed by atoms with Crippen LogP contribution in [0.3, 0.4) is 0 Å². The van der Waals surface area contributed by atoms with Crippen molar-refractivity contribution in [1.82, 2.24) is 19.9 Å². The molecule has 0 amide bonds. The maximum Gasteiger partial charge on any atom is 0.182 e. The largest absolute Gasteiger partial charge is 0.310 e. The van der Waals surface area contributed by atoms with Crippen molar-refractivity contribution in [2.24, 2.45) is 0 Å². The lowest BCUT2D eigenvalue weighted by atomic mass is 10.2. The van der Waals surface area contributed by atoms with Crippen molar-refractivity contribution in [3.05, 3.63) is 133 Å². The molecule has 0 fully saturated rings. The van der Waals surface area contributed by atoms with Gasteiger partial charge in [0.1, 0.15) is 21.7 Å². The summed E-state index contributed by atoms with van der Waals surface area (Å²) in [7, 11) is -6.19. The van der Waals surface area contributed by atoms with Crippen molar-refractivity contribution < 1.29 is 9.13 Å². The Kier molecular flexibility index (Phi) is 6.99. The van der Waals surface area contributed by atoms with E-state index >= 15 is 0 Å². The molecule has 0 bridgehead atoms. The highest BCUT2D eigenvalue weighted by Gasteiger charge is 2.32. The number of hydrogen-bond donors (Lipinski definition) is 0. The minimum absolute atomic E-state index is 0.291. The molecule has 6 nitrogen and oxygen atoms in total. The Bertz CT molecular complexity index is 1310. The first kappa shape index (κ1) is 24.0. The van der Waals surface area contributed by atoms with Gasteiger partial charge in [0, 0.05) is 37.1 Å². The van der Waals surface area contributed by atoms with E-state index in [0.29, 0.717) is 34.1 Å². The Morgan fingerprint density at radius 1 is 0.417 bits per heavy atom. The second-order valence-electron chi connectivity index (χ2n) is 8.36. The maximum atomic E-state index is 14.3. The topological polar surface area (TPSA) is 85.7 Å². The molecule has 5 aromatic rings. The molecule has 0 aliphatic heterocycles. The smallest absolute Gasteiger partial charge is 0.182 e. The maximum absolute atomic E-state index is 14.3. The molecule has 0 aliphatic carbocycles. The summed E-state index contributed by atoms with van der Waals surface area (Å²) in [6.45, 7) is 0. The second kappa shape index (κ2) is 10.5. The van der Waals surface area contributed by atoms with E-state index in [1.807, 2.05) is 72.8 Å². The van der Waals surface area contributed by atoms with Crippen LogP contribution in [-0.2, 0) is 21.5 Å². The van der Waals surface area contributed by atoms with E-state index in [4.69, 9.17) is 0 Å². The van der Waals surface area contributed by atoms with E-state index in [-0.39, 0.29) is 0 Å². The van der Waals surface area contributed by atoms with Crippen molar-refractivity contribution in [2.75, 3.05) is 0 Å². The van der Waals surface area contributed by atoms with Crippen LogP contribution in [0.1, 0.15) is 11.1 Å². The van der Waals surface area contributed by atoms with Gasteiger partial charge in [-0.3, -0.25) is 19.9 Å². The summed E-state index contributed by atoms with van der Waals surface area (Å²) in [4.78, 5) is 17.6. The lowest BCUT2D eigenvalue weighted by molar-refractivity contribution is 0.584. The van der Waals surface area contributed by atoms with E-state index in [1.54, 1.807) is 49.1 Å². The Hall–Kier alpha value is -3.72. The van der Waals surface area contributed by atoms with E-state index in [9.17, 15) is 9.13 Å². The fourth-order valence-corrected chi connectivity index (χ4v) is 8.98. The van der Waals surface area contributed by atoms with Gasteiger partial charge < -0.3 is 9.13 Å². The van der Waals surface area contributed by atoms with Gasteiger partial charge in [-0.15, -0.1) is 0 Å². The SMILES string of the molecule is O=P(Cc1ccc(CP(=O)(c2ccccn2)c2ccccn2)cc1)(c1ccccn1)c1ccccn1. The average Bonchev–Trinajstić information content (AvgIpc) is 2.96. The first-order chi connectivity index (χ1) is 17.6. The van der Waals surface area contributed by atoms with Crippen LogP contribution in [0.5, 0.6) is 0 Å². The number of pyridine rings is 4. The van der Waals surface area contributed by atoms with Gasteiger partial charge in [0.15, 0.2) is 14.3 Å². The molecule has 0 spiro atoms. The zero-order valence-corrected chi connectivity index (χ0v) is 21.2. The second-order valence-corrected chi connectivity index (χ2v) is 13.8. The standard InChI is InChI=1S/C28H24N4O2P2/c33-35(25-9-1-5-17-29-25,26-10-2-6-18-30-26)21-23-13-15-24(16-14-23)22-36(34,27-11-3-7-19-31-27)28-12-4-8-20-32-28/h1-20H,21-22H2. The highest BCUT2D eigenvalue weighted by Crippen LogP contribution is 2.47. The fraction of sp³-hybridized carbons (Fsp3) is 0.0714. The molecular weight excluding hydrogens is 486 g/mol. The van der Waals surface area contributed by atoms with Crippen LogP contribution >= 0.6 is 14.3 Å². The van der Waals surface area contributed by atoms with Gasteiger partial charge in [0.05, 0.1) is 0 Å². The molecule has 0 unspecified atom stereocenters. The number of hydrogen-bond acceptors (Lipinski definition) is 6. The molecule has 4 aromatic heterocycles. The Labute approximate surface area is 210 Å². The zero-order valence-electron chi connectivity index (χ0n) is 19.5. The van der Waals surface area contributed by atoms with Crippen molar-refractivity contribution in [3.63, 3.8) is 0 Å². The van der Waals surface area contributed by atoms with Crippen molar-refractivity contribution >= 4 is 36.0 Å². The van der Waals surface area contributed by atoms with Gasteiger partial charge in [-0.1, -0.05) is 48.5 Å². The molecule has 0 saturated heterocycles. The minimum atomic E-state index is -3.09. The summed E-state index contributed by atoms with van der Waals surface area (Å²) in [5.41, 5.74) is 3.91.